The Balaban J connectivity index is 1.72. The number of nitrogens with zero attached hydrogens (tertiary/aromatic N) is 4. The summed E-state index contributed by atoms with van der Waals surface area (Å²) in [5, 5.41) is 3.44. The Morgan fingerprint density at radius 2 is 2.06 bits per heavy atom. The quantitative estimate of drug-likeness (QED) is 0.856. The van der Waals surface area contributed by atoms with Gasteiger partial charge in [-0.3, -0.25) is 4.57 Å². The van der Waals surface area contributed by atoms with Crippen molar-refractivity contribution in [2.45, 2.75) is 32.4 Å². The highest BCUT2D eigenvalue weighted by atomic mass is 15.2. The molecule has 0 amide bonds. The topological polar surface area (TPSA) is 55.6 Å². The fraction of sp³-hybridized carbons (Fsp3) is 0.417. The van der Waals surface area contributed by atoms with Gasteiger partial charge in [-0.15, -0.1) is 0 Å². The van der Waals surface area contributed by atoms with Gasteiger partial charge < -0.3 is 5.32 Å². The largest absolute Gasteiger partial charge is 0.310 e. The van der Waals surface area contributed by atoms with Crippen molar-refractivity contribution < 1.29 is 0 Å². The molecule has 0 atom stereocenters. The average molecular weight is 229 g/mol. The van der Waals surface area contributed by atoms with Crippen molar-refractivity contribution in [3.63, 3.8) is 0 Å². The molecule has 5 heteroatoms. The predicted octanol–water partition coefficient (Wildman–Crippen LogP) is 1.22. The van der Waals surface area contributed by atoms with Gasteiger partial charge in [0.05, 0.1) is 0 Å². The van der Waals surface area contributed by atoms with Crippen molar-refractivity contribution >= 4 is 0 Å². The summed E-state index contributed by atoms with van der Waals surface area (Å²) in [5.41, 5.74) is 1.12. The summed E-state index contributed by atoms with van der Waals surface area (Å²) in [6, 6.07) is 0.713. The summed E-state index contributed by atoms with van der Waals surface area (Å²) in [6.07, 6.45) is 9.96. The van der Waals surface area contributed by atoms with E-state index in [-0.39, 0.29) is 0 Å². The van der Waals surface area contributed by atoms with E-state index in [1.807, 2.05) is 30.1 Å². The number of imidazole rings is 1. The molecule has 0 unspecified atom stereocenters. The molecule has 2 heterocycles. The third kappa shape index (κ3) is 2.34. The molecule has 1 aliphatic carbocycles. The van der Waals surface area contributed by atoms with Gasteiger partial charge in [0.1, 0.15) is 5.82 Å². The summed E-state index contributed by atoms with van der Waals surface area (Å²) in [7, 11) is 0. The Morgan fingerprint density at radius 3 is 2.65 bits per heavy atom. The molecule has 2 aromatic heterocycles. The number of aromatic nitrogens is 4. The molecule has 0 radical (unpaired) electrons. The van der Waals surface area contributed by atoms with Crippen LogP contribution in [-0.2, 0) is 6.54 Å². The first-order valence-electron chi connectivity index (χ1n) is 5.87. The van der Waals surface area contributed by atoms with E-state index >= 15 is 0 Å². The number of nitrogens with one attached hydrogen (secondary N) is 1. The first kappa shape index (κ1) is 10.4. The van der Waals surface area contributed by atoms with Crippen molar-refractivity contribution in [2.75, 3.05) is 0 Å². The van der Waals surface area contributed by atoms with Gasteiger partial charge >= 0.3 is 0 Å². The Labute approximate surface area is 99.9 Å². The second kappa shape index (κ2) is 4.25. The van der Waals surface area contributed by atoms with Gasteiger partial charge in [-0.05, 0) is 19.8 Å². The van der Waals surface area contributed by atoms with E-state index < -0.39 is 0 Å². The van der Waals surface area contributed by atoms with Crippen molar-refractivity contribution in [2.24, 2.45) is 0 Å². The number of rotatable bonds is 4. The van der Waals surface area contributed by atoms with Crippen LogP contribution in [0.5, 0.6) is 0 Å². The van der Waals surface area contributed by atoms with Gasteiger partial charge in [0.2, 0.25) is 5.95 Å². The van der Waals surface area contributed by atoms with Crippen molar-refractivity contribution in [1.29, 1.82) is 0 Å². The molecule has 0 bridgehead atoms. The molecule has 5 nitrogen and oxygen atoms in total. The summed E-state index contributed by atoms with van der Waals surface area (Å²) < 4.78 is 1.87. The molecule has 1 aliphatic rings. The van der Waals surface area contributed by atoms with Crippen molar-refractivity contribution in [3.8, 4) is 5.95 Å². The standard InChI is InChI=1S/C12H15N5/c1-9-13-4-5-17(9)12-15-7-10(8-16-12)6-14-11-2-3-11/h4-5,7-8,11,14H,2-3,6H2,1H3. The molecule has 2 aromatic rings. The second-order valence-corrected chi connectivity index (χ2v) is 4.39. The highest BCUT2D eigenvalue weighted by molar-refractivity contribution is 5.17. The molecule has 1 N–H and O–H groups in total. The van der Waals surface area contributed by atoms with Crippen LogP contribution in [0.3, 0.4) is 0 Å². The summed E-state index contributed by atoms with van der Waals surface area (Å²) in [6.45, 7) is 2.79. The lowest BCUT2D eigenvalue weighted by Gasteiger charge is -2.05. The molecule has 88 valence electrons. The summed E-state index contributed by atoms with van der Waals surface area (Å²) in [4.78, 5) is 12.9. The SMILES string of the molecule is Cc1nccn1-c1ncc(CNC2CC2)cn1. The lowest BCUT2D eigenvalue weighted by Crippen LogP contribution is -2.16. The van der Waals surface area contributed by atoms with Gasteiger partial charge in [-0.1, -0.05) is 0 Å². The maximum Gasteiger partial charge on any atom is 0.235 e. The van der Waals surface area contributed by atoms with Gasteiger partial charge in [0.25, 0.3) is 0 Å². The van der Waals surface area contributed by atoms with E-state index in [0.717, 1.165) is 17.9 Å². The van der Waals surface area contributed by atoms with Gasteiger partial charge in [0, 0.05) is 42.9 Å². The molecule has 1 saturated carbocycles. The van der Waals surface area contributed by atoms with Crippen LogP contribution in [0, 0.1) is 6.92 Å². The number of aryl methyl sites for hydroxylation is 1. The lowest BCUT2D eigenvalue weighted by atomic mass is 10.3. The van der Waals surface area contributed by atoms with Crippen LogP contribution >= 0.6 is 0 Å². The number of hydrogen-bond donors (Lipinski definition) is 1. The van der Waals surface area contributed by atoms with E-state index in [9.17, 15) is 0 Å². The van der Waals surface area contributed by atoms with E-state index in [2.05, 4.69) is 20.3 Å². The number of hydrogen-bond acceptors (Lipinski definition) is 4. The Hall–Kier alpha value is -1.75. The van der Waals surface area contributed by atoms with Crippen LogP contribution in [0.4, 0.5) is 0 Å². The minimum absolute atomic E-state index is 0.676. The third-order valence-electron chi connectivity index (χ3n) is 2.91. The summed E-state index contributed by atoms with van der Waals surface area (Å²) >= 11 is 0. The lowest BCUT2D eigenvalue weighted by molar-refractivity contribution is 0.682. The van der Waals surface area contributed by atoms with E-state index in [4.69, 9.17) is 0 Å². The highest BCUT2D eigenvalue weighted by Gasteiger charge is 2.19. The molecule has 0 spiro atoms. The van der Waals surface area contributed by atoms with Crippen LogP contribution < -0.4 is 5.32 Å². The zero-order valence-electron chi connectivity index (χ0n) is 9.80. The Bertz CT molecular complexity index is 498. The molecule has 17 heavy (non-hydrogen) atoms. The van der Waals surface area contributed by atoms with Crippen LogP contribution in [0.2, 0.25) is 0 Å². The molecule has 3 rings (SSSR count). The Morgan fingerprint density at radius 1 is 1.29 bits per heavy atom. The minimum Gasteiger partial charge on any atom is -0.310 e. The van der Waals surface area contributed by atoms with Crippen LogP contribution in [0.25, 0.3) is 5.95 Å². The van der Waals surface area contributed by atoms with E-state index in [1.54, 1.807) is 6.20 Å². The first-order valence-corrected chi connectivity index (χ1v) is 5.87. The maximum absolute atomic E-state index is 4.35. The van der Waals surface area contributed by atoms with Crippen LogP contribution in [-0.4, -0.2) is 25.6 Å². The van der Waals surface area contributed by atoms with Crippen molar-refractivity contribution in [3.05, 3.63) is 36.2 Å². The fourth-order valence-corrected chi connectivity index (χ4v) is 1.70. The molecular formula is C12H15N5. The molecule has 0 saturated heterocycles. The molecular weight excluding hydrogens is 214 g/mol. The van der Waals surface area contributed by atoms with Crippen LogP contribution in [0.1, 0.15) is 24.2 Å². The van der Waals surface area contributed by atoms with Crippen LogP contribution in [0.15, 0.2) is 24.8 Å². The maximum atomic E-state index is 4.35. The molecule has 0 aliphatic heterocycles. The summed E-state index contributed by atoms with van der Waals surface area (Å²) in [5.74, 6) is 1.57. The first-order chi connectivity index (χ1) is 8.33. The van der Waals surface area contributed by atoms with Crippen molar-refractivity contribution in [1.82, 2.24) is 24.8 Å². The fourth-order valence-electron chi connectivity index (χ4n) is 1.70. The van der Waals surface area contributed by atoms with Gasteiger partial charge in [0.15, 0.2) is 0 Å². The highest BCUT2D eigenvalue weighted by Crippen LogP contribution is 2.19. The minimum atomic E-state index is 0.676. The zero-order chi connectivity index (χ0) is 11.7. The molecule has 1 fully saturated rings. The smallest absolute Gasteiger partial charge is 0.235 e. The second-order valence-electron chi connectivity index (χ2n) is 4.39. The monoisotopic (exact) mass is 229 g/mol. The van der Waals surface area contributed by atoms with E-state index in [0.29, 0.717) is 12.0 Å². The average Bonchev–Trinajstić information content (AvgIpc) is 3.09. The normalized spacial score (nSPS) is 15.1. The van der Waals surface area contributed by atoms with Gasteiger partial charge in [-0.25, -0.2) is 15.0 Å². The van der Waals surface area contributed by atoms with E-state index in [1.165, 1.54) is 12.8 Å². The predicted molar refractivity (Wildman–Crippen MR) is 63.8 cm³/mol. The molecule has 0 aromatic carbocycles. The Kier molecular flexibility index (Phi) is 2.60. The third-order valence-corrected chi connectivity index (χ3v) is 2.91. The zero-order valence-corrected chi connectivity index (χ0v) is 9.80. The van der Waals surface area contributed by atoms with Gasteiger partial charge in [-0.2, -0.15) is 0 Å².